The molecule has 184 valence electrons. The second kappa shape index (κ2) is 9.75. The molecule has 2 fully saturated rings. The topological polar surface area (TPSA) is 77.0 Å². The molecule has 2 aromatic heterocycles. The maximum atomic E-state index is 13.0. The predicted molar refractivity (Wildman–Crippen MR) is 139 cm³/mol. The van der Waals surface area contributed by atoms with E-state index in [1.54, 1.807) is 11.3 Å². The molecule has 3 aromatic rings. The van der Waals surface area contributed by atoms with E-state index in [4.69, 9.17) is 19.2 Å². The minimum atomic E-state index is -0.665. The summed E-state index contributed by atoms with van der Waals surface area (Å²) in [4.78, 5) is 28.6. The third-order valence-corrected chi connectivity index (χ3v) is 7.59. The number of ether oxygens (including phenoxy) is 3. The summed E-state index contributed by atoms with van der Waals surface area (Å²) in [6.45, 7) is 8.76. The number of nitrogens with zero attached hydrogens (tertiary/aromatic N) is 4. The van der Waals surface area contributed by atoms with Crippen molar-refractivity contribution >= 4 is 49.2 Å². The number of anilines is 1. The summed E-state index contributed by atoms with van der Waals surface area (Å²) in [7, 11) is 0. The largest absolute Gasteiger partial charge is 0.462 e. The van der Waals surface area contributed by atoms with Gasteiger partial charge in [0.1, 0.15) is 23.5 Å². The minimum Gasteiger partial charge on any atom is -0.462 e. The first-order valence-electron chi connectivity index (χ1n) is 11.6. The van der Waals surface area contributed by atoms with Crippen LogP contribution in [0.1, 0.15) is 36.0 Å². The van der Waals surface area contributed by atoms with Crippen LogP contribution in [0.3, 0.4) is 0 Å². The Hall–Kier alpha value is -2.69. The van der Waals surface area contributed by atoms with Gasteiger partial charge in [0.15, 0.2) is 5.76 Å². The average Bonchev–Trinajstić information content (AvgIpc) is 3.44. The summed E-state index contributed by atoms with van der Waals surface area (Å²) in [6, 6.07) is 9.94. The van der Waals surface area contributed by atoms with Crippen LogP contribution in [0.5, 0.6) is 6.01 Å². The first kappa shape index (κ1) is 24.0. The van der Waals surface area contributed by atoms with E-state index < -0.39 is 5.79 Å². The first-order valence-corrected chi connectivity index (χ1v) is 13.2. The van der Waals surface area contributed by atoms with Gasteiger partial charge in [-0.05, 0) is 30.7 Å². The Kier molecular flexibility index (Phi) is 6.69. The molecule has 0 spiro atoms. The minimum absolute atomic E-state index is 0.0416. The molecule has 2 aliphatic rings. The summed E-state index contributed by atoms with van der Waals surface area (Å²) in [6.07, 6.45) is 2.44. The molecule has 2 saturated heterocycles. The van der Waals surface area contributed by atoms with Crippen molar-refractivity contribution in [1.29, 1.82) is 0 Å². The van der Waals surface area contributed by atoms with Crippen molar-refractivity contribution in [2.45, 2.75) is 33.0 Å². The van der Waals surface area contributed by atoms with Gasteiger partial charge in [-0.2, -0.15) is 9.97 Å². The van der Waals surface area contributed by atoms with Gasteiger partial charge in [0, 0.05) is 54.9 Å². The van der Waals surface area contributed by atoms with Gasteiger partial charge in [0.2, 0.25) is 5.79 Å². The number of carbonyl (C=O) groups is 1. The van der Waals surface area contributed by atoms with Gasteiger partial charge < -0.3 is 24.0 Å². The van der Waals surface area contributed by atoms with Crippen molar-refractivity contribution < 1.29 is 19.0 Å². The van der Waals surface area contributed by atoms with Gasteiger partial charge >= 0.3 is 6.01 Å². The van der Waals surface area contributed by atoms with Crippen molar-refractivity contribution in [2.24, 2.45) is 0 Å². The Labute approximate surface area is 216 Å². The van der Waals surface area contributed by atoms with Gasteiger partial charge in [0.25, 0.3) is 5.91 Å². The lowest BCUT2D eigenvalue weighted by molar-refractivity contribution is -0.117. The zero-order chi connectivity index (χ0) is 24.6. The Morgan fingerprint density at radius 3 is 2.71 bits per heavy atom. The number of fused-ring (bicyclic) bond motifs is 1. The number of amides is 1. The Bertz CT molecular complexity index is 1280. The number of rotatable bonds is 5. The fraction of sp³-hybridized carbons (Fsp3) is 0.400. The number of hydrogen-bond donors (Lipinski definition) is 0. The molecule has 0 aliphatic carbocycles. The van der Waals surface area contributed by atoms with Crippen LogP contribution in [0.25, 0.3) is 10.2 Å². The molecule has 0 saturated carbocycles. The van der Waals surface area contributed by atoms with Crippen LogP contribution in [0.15, 0.2) is 46.8 Å². The van der Waals surface area contributed by atoms with E-state index in [0.29, 0.717) is 44.1 Å². The molecular weight excluding hydrogens is 532 g/mol. The molecule has 0 unspecified atom stereocenters. The fourth-order valence-corrected chi connectivity index (χ4v) is 5.48. The molecule has 5 rings (SSSR count). The molecule has 0 N–H and O–H groups in total. The van der Waals surface area contributed by atoms with Crippen molar-refractivity contribution in [3.63, 3.8) is 0 Å². The standard InChI is InChI=1S/C25H27BrN4O4S/c1-4-19-13-20-21(27-24(28-22(20)35-19)32-14-18-15-33-25(2,3)34-18)29-8-10-30(11-9-29)23(31)16-6-5-7-17(26)12-16/h5-7,12-14H,4,8-11,15H2,1-3H3/b18-14-. The second-order valence-corrected chi connectivity index (χ2v) is 10.9. The van der Waals surface area contributed by atoms with Crippen LogP contribution in [0, 0.1) is 0 Å². The van der Waals surface area contributed by atoms with Crippen LogP contribution in [0.4, 0.5) is 5.82 Å². The summed E-state index contributed by atoms with van der Waals surface area (Å²) in [5, 5.41) is 1.01. The van der Waals surface area contributed by atoms with E-state index in [-0.39, 0.29) is 11.9 Å². The lowest BCUT2D eigenvalue weighted by atomic mass is 10.2. The normalized spacial score (nSPS) is 18.8. The summed E-state index contributed by atoms with van der Waals surface area (Å²) in [5.41, 5.74) is 0.688. The maximum absolute atomic E-state index is 13.0. The Morgan fingerprint density at radius 1 is 1.23 bits per heavy atom. The molecule has 2 aliphatic heterocycles. The van der Waals surface area contributed by atoms with Crippen LogP contribution in [-0.4, -0.2) is 59.3 Å². The van der Waals surface area contributed by atoms with Gasteiger partial charge in [-0.1, -0.05) is 28.9 Å². The number of hydrogen-bond acceptors (Lipinski definition) is 8. The maximum Gasteiger partial charge on any atom is 0.324 e. The van der Waals surface area contributed by atoms with E-state index >= 15 is 0 Å². The third-order valence-electron chi connectivity index (χ3n) is 5.92. The third kappa shape index (κ3) is 5.29. The highest BCUT2D eigenvalue weighted by Crippen LogP contribution is 2.34. The van der Waals surface area contributed by atoms with Gasteiger partial charge in [-0.25, -0.2) is 0 Å². The SMILES string of the molecule is CCc1cc2c(N3CCN(C(=O)c4cccc(Br)c4)CC3)nc(O/C=C3/COC(C)(C)O3)nc2s1. The molecule has 1 aromatic carbocycles. The van der Waals surface area contributed by atoms with E-state index in [0.717, 1.165) is 26.9 Å². The van der Waals surface area contributed by atoms with Crippen molar-refractivity contribution in [2.75, 3.05) is 37.7 Å². The van der Waals surface area contributed by atoms with Crippen LogP contribution >= 0.6 is 27.3 Å². The number of aromatic nitrogens is 2. The molecule has 8 nitrogen and oxygen atoms in total. The van der Waals surface area contributed by atoms with Crippen LogP contribution in [0.2, 0.25) is 0 Å². The fourth-order valence-electron chi connectivity index (χ4n) is 4.13. The van der Waals surface area contributed by atoms with E-state index in [1.807, 2.05) is 43.0 Å². The first-order chi connectivity index (χ1) is 16.8. The van der Waals surface area contributed by atoms with E-state index in [1.165, 1.54) is 11.1 Å². The molecule has 10 heteroatoms. The van der Waals surface area contributed by atoms with Gasteiger partial charge in [-0.3, -0.25) is 4.79 Å². The summed E-state index contributed by atoms with van der Waals surface area (Å²) >= 11 is 5.10. The Balaban J connectivity index is 1.36. The molecule has 0 radical (unpaired) electrons. The smallest absolute Gasteiger partial charge is 0.324 e. The lowest BCUT2D eigenvalue weighted by Crippen LogP contribution is -2.49. The monoisotopic (exact) mass is 558 g/mol. The average molecular weight is 559 g/mol. The number of halogens is 1. The number of carbonyl (C=O) groups excluding carboxylic acids is 1. The zero-order valence-corrected chi connectivity index (χ0v) is 22.3. The molecule has 4 heterocycles. The molecular formula is C25H27BrN4O4S. The zero-order valence-electron chi connectivity index (χ0n) is 19.9. The quantitative estimate of drug-likeness (QED) is 0.408. The van der Waals surface area contributed by atoms with Crippen molar-refractivity contribution in [3.8, 4) is 6.01 Å². The highest BCUT2D eigenvalue weighted by Gasteiger charge is 2.30. The molecule has 0 atom stereocenters. The van der Waals surface area contributed by atoms with Crippen molar-refractivity contribution in [1.82, 2.24) is 14.9 Å². The number of benzene rings is 1. The number of piperazine rings is 1. The van der Waals surface area contributed by atoms with E-state index in [2.05, 4.69) is 38.8 Å². The van der Waals surface area contributed by atoms with Crippen LogP contribution < -0.4 is 9.64 Å². The van der Waals surface area contributed by atoms with Gasteiger partial charge in [0.05, 0.1) is 5.39 Å². The highest BCUT2D eigenvalue weighted by atomic mass is 79.9. The predicted octanol–water partition coefficient (Wildman–Crippen LogP) is 4.98. The lowest BCUT2D eigenvalue weighted by Gasteiger charge is -2.35. The van der Waals surface area contributed by atoms with Crippen molar-refractivity contribution in [3.05, 3.63) is 57.3 Å². The van der Waals surface area contributed by atoms with Gasteiger partial charge in [-0.15, -0.1) is 11.3 Å². The molecule has 35 heavy (non-hydrogen) atoms. The molecule has 0 bridgehead atoms. The highest BCUT2D eigenvalue weighted by molar-refractivity contribution is 9.10. The second-order valence-electron chi connectivity index (χ2n) is 8.90. The Morgan fingerprint density at radius 2 is 2.03 bits per heavy atom. The van der Waals surface area contributed by atoms with Crippen LogP contribution in [-0.2, 0) is 15.9 Å². The summed E-state index contributed by atoms with van der Waals surface area (Å²) in [5.74, 6) is 0.806. The van der Waals surface area contributed by atoms with E-state index in [9.17, 15) is 4.79 Å². The summed E-state index contributed by atoms with van der Waals surface area (Å²) < 4.78 is 18.0. The number of thiophene rings is 1. The molecule has 1 amide bonds. The number of aryl methyl sites for hydroxylation is 1.